The predicted molar refractivity (Wildman–Crippen MR) is 117 cm³/mol. The molecule has 1 aliphatic heterocycles. The van der Waals surface area contributed by atoms with Crippen LogP contribution in [0.3, 0.4) is 0 Å². The molecule has 3 aromatic rings. The van der Waals surface area contributed by atoms with Crippen molar-refractivity contribution < 1.29 is 14.3 Å². The van der Waals surface area contributed by atoms with Crippen LogP contribution in [-0.4, -0.2) is 49.2 Å². The predicted octanol–water partition coefficient (Wildman–Crippen LogP) is 3.70. The molecule has 0 bridgehead atoms. The second-order valence-corrected chi connectivity index (χ2v) is 10.9. The molecule has 0 radical (unpaired) electrons. The van der Waals surface area contributed by atoms with Crippen molar-refractivity contribution >= 4 is 11.6 Å². The van der Waals surface area contributed by atoms with Crippen molar-refractivity contribution in [1.82, 2.24) is 24.4 Å². The van der Waals surface area contributed by atoms with E-state index in [0.29, 0.717) is 23.8 Å². The van der Waals surface area contributed by atoms with Gasteiger partial charge >= 0.3 is 5.97 Å². The Morgan fingerprint density at radius 3 is 2.62 bits per heavy atom. The SMILES string of the molecule is CC(C)(C)OC(=O)c1cn(Cc2cn3cc(C4CC4)cc(C4CC5(COC5)C4)c3n2)nn1. The van der Waals surface area contributed by atoms with Gasteiger partial charge in [-0.25, -0.2) is 14.5 Å². The van der Waals surface area contributed by atoms with Gasteiger partial charge in [-0.15, -0.1) is 5.10 Å². The highest BCUT2D eigenvalue weighted by molar-refractivity contribution is 5.87. The van der Waals surface area contributed by atoms with E-state index in [1.54, 1.807) is 10.9 Å². The Morgan fingerprint density at radius 2 is 1.97 bits per heavy atom. The number of ether oxygens (including phenoxy) is 2. The molecule has 0 amide bonds. The lowest BCUT2D eigenvalue weighted by Crippen LogP contribution is -2.51. The Bertz CT molecular complexity index is 1190. The van der Waals surface area contributed by atoms with Crippen LogP contribution in [0.15, 0.2) is 24.7 Å². The van der Waals surface area contributed by atoms with Gasteiger partial charge in [0.15, 0.2) is 5.69 Å². The number of rotatable bonds is 5. The lowest BCUT2D eigenvalue weighted by molar-refractivity contribution is -0.164. The molecule has 4 heterocycles. The molecule has 32 heavy (non-hydrogen) atoms. The van der Waals surface area contributed by atoms with Gasteiger partial charge in [-0.05, 0) is 69.4 Å². The molecule has 2 saturated carbocycles. The van der Waals surface area contributed by atoms with Gasteiger partial charge in [-0.3, -0.25) is 0 Å². The Labute approximate surface area is 186 Å². The first kappa shape index (κ1) is 19.9. The fourth-order valence-corrected chi connectivity index (χ4v) is 5.01. The Kier molecular flexibility index (Phi) is 4.28. The molecule has 8 heteroatoms. The number of hydrogen-bond acceptors (Lipinski definition) is 6. The highest BCUT2D eigenvalue weighted by atomic mass is 16.6. The van der Waals surface area contributed by atoms with E-state index in [2.05, 4.69) is 33.2 Å². The number of aromatic nitrogens is 5. The largest absolute Gasteiger partial charge is 0.455 e. The summed E-state index contributed by atoms with van der Waals surface area (Å²) in [5.41, 5.74) is 4.80. The van der Waals surface area contributed by atoms with Crippen molar-refractivity contribution in [3.8, 4) is 0 Å². The fraction of sp³-hybridized carbons (Fsp3) is 0.583. The average molecular weight is 436 g/mol. The van der Waals surface area contributed by atoms with Gasteiger partial charge in [0.2, 0.25) is 0 Å². The number of hydrogen-bond donors (Lipinski definition) is 0. The summed E-state index contributed by atoms with van der Waals surface area (Å²) >= 11 is 0. The molecule has 0 atom stereocenters. The highest BCUT2D eigenvalue weighted by Gasteiger charge is 2.50. The van der Waals surface area contributed by atoms with Crippen LogP contribution < -0.4 is 0 Å². The minimum Gasteiger partial charge on any atom is -0.455 e. The Hall–Kier alpha value is -2.74. The van der Waals surface area contributed by atoms with Gasteiger partial charge < -0.3 is 13.9 Å². The van der Waals surface area contributed by atoms with Crippen molar-refractivity contribution in [2.24, 2.45) is 5.41 Å². The molecule has 3 aromatic heterocycles. The molecule has 2 aliphatic carbocycles. The van der Waals surface area contributed by atoms with Crippen molar-refractivity contribution in [1.29, 1.82) is 0 Å². The third-order valence-electron chi connectivity index (χ3n) is 6.79. The topological polar surface area (TPSA) is 83.5 Å². The number of imidazole rings is 1. The summed E-state index contributed by atoms with van der Waals surface area (Å²) in [7, 11) is 0. The summed E-state index contributed by atoms with van der Waals surface area (Å²) in [6.45, 7) is 7.78. The highest BCUT2D eigenvalue weighted by Crippen LogP contribution is 2.56. The van der Waals surface area contributed by atoms with E-state index >= 15 is 0 Å². The average Bonchev–Trinajstić information content (AvgIpc) is 3.25. The van der Waals surface area contributed by atoms with E-state index in [-0.39, 0.29) is 5.69 Å². The minimum atomic E-state index is -0.566. The Morgan fingerprint density at radius 1 is 1.19 bits per heavy atom. The number of carbonyl (C=O) groups is 1. The molecule has 3 aliphatic rings. The van der Waals surface area contributed by atoms with Gasteiger partial charge in [0.1, 0.15) is 11.2 Å². The van der Waals surface area contributed by atoms with Crippen molar-refractivity contribution in [2.75, 3.05) is 13.2 Å². The maximum Gasteiger partial charge on any atom is 0.361 e. The van der Waals surface area contributed by atoms with E-state index in [9.17, 15) is 4.79 Å². The van der Waals surface area contributed by atoms with Gasteiger partial charge in [-0.2, -0.15) is 0 Å². The first-order valence-electron chi connectivity index (χ1n) is 11.5. The van der Waals surface area contributed by atoms with Crippen LogP contribution >= 0.6 is 0 Å². The molecule has 8 nitrogen and oxygen atoms in total. The molecular weight excluding hydrogens is 406 g/mol. The minimum absolute atomic E-state index is 0.211. The number of fused-ring (bicyclic) bond motifs is 1. The third kappa shape index (κ3) is 3.60. The first-order valence-corrected chi connectivity index (χ1v) is 11.5. The van der Waals surface area contributed by atoms with Crippen LogP contribution in [0.1, 0.15) is 85.6 Å². The van der Waals surface area contributed by atoms with Crippen LogP contribution in [-0.2, 0) is 16.0 Å². The smallest absolute Gasteiger partial charge is 0.361 e. The molecule has 3 fully saturated rings. The summed E-state index contributed by atoms with van der Waals surface area (Å²) in [6.07, 6.45) is 10.9. The van der Waals surface area contributed by atoms with Crippen LogP contribution in [0.4, 0.5) is 0 Å². The van der Waals surface area contributed by atoms with Crippen molar-refractivity contribution in [2.45, 2.75) is 70.4 Å². The molecule has 0 aromatic carbocycles. The molecule has 6 rings (SSSR count). The lowest BCUT2D eigenvalue weighted by atomic mass is 9.59. The third-order valence-corrected chi connectivity index (χ3v) is 6.79. The maximum absolute atomic E-state index is 12.2. The van der Waals surface area contributed by atoms with E-state index in [0.717, 1.165) is 24.6 Å². The van der Waals surface area contributed by atoms with E-state index in [1.165, 1.54) is 36.8 Å². The van der Waals surface area contributed by atoms with Crippen molar-refractivity contribution in [3.63, 3.8) is 0 Å². The zero-order valence-electron chi connectivity index (χ0n) is 18.9. The molecular formula is C24H29N5O3. The van der Waals surface area contributed by atoms with E-state index in [4.69, 9.17) is 14.5 Å². The van der Waals surface area contributed by atoms with Gasteiger partial charge in [0, 0.05) is 17.8 Å². The van der Waals surface area contributed by atoms with Gasteiger partial charge in [-0.1, -0.05) is 11.3 Å². The second kappa shape index (κ2) is 6.88. The molecule has 1 spiro atoms. The normalized spacial score (nSPS) is 20.3. The quantitative estimate of drug-likeness (QED) is 0.568. The van der Waals surface area contributed by atoms with Gasteiger partial charge in [0.05, 0.1) is 31.6 Å². The summed E-state index contributed by atoms with van der Waals surface area (Å²) in [5, 5.41) is 8.10. The summed E-state index contributed by atoms with van der Waals surface area (Å²) in [6, 6.07) is 2.40. The number of carbonyl (C=O) groups excluding carboxylic acids is 1. The maximum atomic E-state index is 12.2. The van der Waals surface area contributed by atoms with Crippen LogP contribution in [0.2, 0.25) is 0 Å². The van der Waals surface area contributed by atoms with Crippen molar-refractivity contribution in [3.05, 3.63) is 47.2 Å². The van der Waals surface area contributed by atoms with Crippen LogP contribution in [0.5, 0.6) is 0 Å². The second-order valence-electron chi connectivity index (χ2n) is 10.9. The Balaban J connectivity index is 1.26. The number of esters is 1. The lowest BCUT2D eigenvalue weighted by Gasteiger charge is -2.53. The van der Waals surface area contributed by atoms with E-state index < -0.39 is 11.6 Å². The number of pyridine rings is 1. The molecule has 1 saturated heterocycles. The van der Waals surface area contributed by atoms with Gasteiger partial charge in [0.25, 0.3) is 0 Å². The fourth-order valence-electron chi connectivity index (χ4n) is 5.01. The zero-order chi connectivity index (χ0) is 22.1. The zero-order valence-corrected chi connectivity index (χ0v) is 18.9. The van der Waals surface area contributed by atoms with Crippen LogP contribution in [0, 0.1) is 5.41 Å². The molecule has 0 unspecified atom stereocenters. The van der Waals surface area contributed by atoms with Crippen LogP contribution in [0.25, 0.3) is 5.65 Å². The summed E-state index contributed by atoms with van der Waals surface area (Å²) in [4.78, 5) is 17.2. The van der Waals surface area contributed by atoms with E-state index in [1.807, 2.05) is 20.8 Å². The molecule has 168 valence electrons. The number of nitrogens with zero attached hydrogens (tertiary/aromatic N) is 5. The molecule has 0 N–H and O–H groups in total. The first-order chi connectivity index (χ1) is 15.3. The monoisotopic (exact) mass is 435 g/mol. The summed E-state index contributed by atoms with van der Waals surface area (Å²) in [5.74, 6) is 0.784. The summed E-state index contributed by atoms with van der Waals surface area (Å²) < 4.78 is 14.7. The standard InChI is InChI=1S/C24H29N5O3/c1-23(2,3)32-22(30)20-12-29(27-26-20)11-18-10-28-9-16(15-4-5-15)6-19(21(28)25-18)17-7-24(8-17)13-31-14-24/h6,9-10,12,15,17H,4-5,7-8,11,13-14H2,1-3H3.